The summed E-state index contributed by atoms with van der Waals surface area (Å²) in [6.45, 7) is 0.428. The first-order valence-corrected chi connectivity index (χ1v) is 6.46. The van der Waals surface area contributed by atoms with Crippen molar-refractivity contribution in [3.05, 3.63) is 63.3 Å². The number of halogens is 2. The van der Waals surface area contributed by atoms with E-state index in [0.29, 0.717) is 17.3 Å². The first kappa shape index (κ1) is 13.1. The fraction of sp³-hybridized carbons (Fsp3) is 0.0769. The van der Waals surface area contributed by atoms with E-state index in [1.807, 2.05) is 18.2 Å². The molecule has 0 radical (unpaired) electrons. The van der Waals surface area contributed by atoms with Crippen LogP contribution in [-0.2, 0) is 6.54 Å². The van der Waals surface area contributed by atoms with Crippen molar-refractivity contribution >= 4 is 33.4 Å². The largest absolute Gasteiger partial charge is 0.347 e. The highest BCUT2D eigenvalue weighted by molar-refractivity contribution is 9.10. The molecule has 1 heterocycles. The van der Waals surface area contributed by atoms with Crippen LogP contribution in [0.25, 0.3) is 0 Å². The Labute approximate surface area is 118 Å². The lowest BCUT2D eigenvalue weighted by atomic mass is 10.2. The first-order valence-electron chi connectivity index (χ1n) is 5.29. The van der Waals surface area contributed by atoms with E-state index in [1.165, 1.54) is 0 Å². The third kappa shape index (κ3) is 3.55. The van der Waals surface area contributed by atoms with Gasteiger partial charge in [0.2, 0.25) is 0 Å². The number of nitrogens with zero attached hydrogens (tertiary/aromatic N) is 1. The van der Waals surface area contributed by atoms with Gasteiger partial charge in [0, 0.05) is 22.2 Å². The van der Waals surface area contributed by atoms with E-state index in [1.54, 1.807) is 24.4 Å². The van der Waals surface area contributed by atoms with Gasteiger partial charge in [0.25, 0.3) is 5.91 Å². The Kier molecular flexibility index (Phi) is 4.33. The molecule has 0 spiro atoms. The van der Waals surface area contributed by atoms with Crippen LogP contribution in [-0.4, -0.2) is 10.9 Å². The summed E-state index contributed by atoms with van der Waals surface area (Å²) in [5.41, 5.74) is 1.34. The average molecular weight is 326 g/mol. The van der Waals surface area contributed by atoms with E-state index >= 15 is 0 Å². The summed E-state index contributed by atoms with van der Waals surface area (Å²) in [7, 11) is 0. The highest BCUT2D eigenvalue weighted by Gasteiger charge is 2.06. The SMILES string of the molecule is O=C(NCc1cccc(Cl)c1)c1ccc(Br)cn1. The molecule has 0 saturated heterocycles. The van der Waals surface area contributed by atoms with Crippen molar-refractivity contribution in [2.24, 2.45) is 0 Å². The number of rotatable bonds is 3. The molecule has 2 rings (SSSR count). The fourth-order valence-electron chi connectivity index (χ4n) is 1.43. The Hall–Kier alpha value is -1.39. The molecular weight excluding hydrogens is 316 g/mol. The molecule has 92 valence electrons. The molecule has 18 heavy (non-hydrogen) atoms. The van der Waals surface area contributed by atoms with Gasteiger partial charge >= 0.3 is 0 Å². The molecule has 0 atom stereocenters. The summed E-state index contributed by atoms with van der Waals surface area (Å²) in [5.74, 6) is -0.206. The van der Waals surface area contributed by atoms with E-state index in [0.717, 1.165) is 10.0 Å². The summed E-state index contributed by atoms with van der Waals surface area (Å²) in [6, 6.07) is 10.8. The average Bonchev–Trinajstić information content (AvgIpc) is 2.37. The molecule has 0 saturated carbocycles. The molecule has 0 fully saturated rings. The van der Waals surface area contributed by atoms with Crippen LogP contribution in [0.5, 0.6) is 0 Å². The van der Waals surface area contributed by atoms with Crippen LogP contribution in [0.4, 0.5) is 0 Å². The maximum Gasteiger partial charge on any atom is 0.270 e. The van der Waals surface area contributed by atoms with Crippen LogP contribution in [0, 0.1) is 0 Å². The Balaban J connectivity index is 1.98. The summed E-state index contributed by atoms with van der Waals surface area (Å²) in [4.78, 5) is 15.8. The van der Waals surface area contributed by atoms with Crippen molar-refractivity contribution in [2.45, 2.75) is 6.54 Å². The van der Waals surface area contributed by atoms with Gasteiger partial charge in [0.1, 0.15) is 5.69 Å². The van der Waals surface area contributed by atoms with Crippen LogP contribution in [0.1, 0.15) is 16.1 Å². The summed E-state index contributed by atoms with van der Waals surface area (Å²) in [5, 5.41) is 3.44. The smallest absolute Gasteiger partial charge is 0.270 e. The predicted octanol–water partition coefficient (Wildman–Crippen LogP) is 3.43. The number of hydrogen-bond acceptors (Lipinski definition) is 2. The Morgan fingerprint density at radius 2 is 2.17 bits per heavy atom. The van der Waals surface area contributed by atoms with Crippen molar-refractivity contribution in [3.63, 3.8) is 0 Å². The number of nitrogens with one attached hydrogen (secondary N) is 1. The molecule has 1 amide bonds. The van der Waals surface area contributed by atoms with Crippen LogP contribution in [0.2, 0.25) is 5.02 Å². The monoisotopic (exact) mass is 324 g/mol. The van der Waals surface area contributed by atoms with E-state index in [4.69, 9.17) is 11.6 Å². The molecular formula is C13H10BrClN2O. The molecule has 1 aromatic carbocycles. The van der Waals surface area contributed by atoms with E-state index in [-0.39, 0.29) is 5.91 Å². The molecule has 2 aromatic rings. The molecule has 3 nitrogen and oxygen atoms in total. The van der Waals surface area contributed by atoms with E-state index in [2.05, 4.69) is 26.2 Å². The maximum atomic E-state index is 11.8. The zero-order chi connectivity index (χ0) is 13.0. The molecule has 1 aromatic heterocycles. The topological polar surface area (TPSA) is 42.0 Å². The number of aromatic nitrogens is 1. The Bertz CT molecular complexity index is 557. The molecule has 5 heteroatoms. The van der Waals surface area contributed by atoms with Crippen molar-refractivity contribution in [2.75, 3.05) is 0 Å². The third-order valence-corrected chi connectivity index (χ3v) is 3.01. The Morgan fingerprint density at radius 3 is 2.83 bits per heavy atom. The zero-order valence-electron chi connectivity index (χ0n) is 9.36. The van der Waals surface area contributed by atoms with E-state index < -0.39 is 0 Å². The van der Waals surface area contributed by atoms with Crippen LogP contribution < -0.4 is 5.32 Å². The molecule has 0 aliphatic carbocycles. The molecule has 0 aliphatic rings. The summed E-state index contributed by atoms with van der Waals surface area (Å²) in [6.07, 6.45) is 1.59. The summed E-state index contributed by atoms with van der Waals surface area (Å²) >= 11 is 9.13. The van der Waals surface area contributed by atoms with Gasteiger partial charge in [-0.2, -0.15) is 0 Å². The van der Waals surface area contributed by atoms with Crippen LogP contribution >= 0.6 is 27.5 Å². The zero-order valence-corrected chi connectivity index (χ0v) is 11.7. The number of benzene rings is 1. The lowest BCUT2D eigenvalue weighted by Gasteiger charge is -2.05. The number of hydrogen-bond donors (Lipinski definition) is 1. The Morgan fingerprint density at radius 1 is 1.33 bits per heavy atom. The second-order valence-electron chi connectivity index (χ2n) is 3.67. The maximum absolute atomic E-state index is 11.8. The van der Waals surface area contributed by atoms with Crippen molar-refractivity contribution in [1.82, 2.24) is 10.3 Å². The predicted molar refractivity (Wildman–Crippen MR) is 74.6 cm³/mol. The quantitative estimate of drug-likeness (QED) is 0.939. The highest BCUT2D eigenvalue weighted by atomic mass is 79.9. The minimum atomic E-state index is -0.206. The van der Waals surface area contributed by atoms with Gasteiger partial charge in [0.15, 0.2) is 0 Å². The number of pyridine rings is 1. The molecule has 0 bridgehead atoms. The van der Waals surface area contributed by atoms with Crippen LogP contribution in [0.15, 0.2) is 47.1 Å². The lowest BCUT2D eigenvalue weighted by Crippen LogP contribution is -2.23. The van der Waals surface area contributed by atoms with Gasteiger partial charge in [-0.25, -0.2) is 4.98 Å². The highest BCUT2D eigenvalue weighted by Crippen LogP contribution is 2.11. The normalized spacial score (nSPS) is 10.1. The molecule has 0 aliphatic heterocycles. The minimum Gasteiger partial charge on any atom is -0.347 e. The van der Waals surface area contributed by atoms with Crippen molar-refractivity contribution in [1.29, 1.82) is 0 Å². The second-order valence-corrected chi connectivity index (χ2v) is 5.03. The van der Waals surface area contributed by atoms with Gasteiger partial charge in [-0.05, 0) is 45.8 Å². The third-order valence-electron chi connectivity index (χ3n) is 2.30. The minimum absolute atomic E-state index is 0.206. The number of carbonyl (C=O) groups excluding carboxylic acids is 1. The lowest BCUT2D eigenvalue weighted by molar-refractivity contribution is 0.0946. The molecule has 0 unspecified atom stereocenters. The molecule has 1 N–H and O–H groups in total. The van der Waals surface area contributed by atoms with E-state index in [9.17, 15) is 4.79 Å². The van der Waals surface area contributed by atoms with Crippen LogP contribution in [0.3, 0.4) is 0 Å². The number of amides is 1. The van der Waals surface area contributed by atoms with Crippen molar-refractivity contribution in [3.8, 4) is 0 Å². The fourth-order valence-corrected chi connectivity index (χ4v) is 1.88. The summed E-state index contributed by atoms with van der Waals surface area (Å²) < 4.78 is 0.842. The standard InChI is InChI=1S/C13H10BrClN2O/c14-10-4-5-12(16-8-10)13(18)17-7-9-2-1-3-11(15)6-9/h1-6,8H,7H2,(H,17,18). The number of carbonyl (C=O) groups is 1. The van der Waals surface area contributed by atoms with Gasteiger partial charge in [-0.1, -0.05) is 23.7 Å². The van der Waals surface area contributed by atoms with Gasteiger partial charge in [-0.3, -0.25) is 4.79 Å². The van der Waals surface area contributed by atoms with Gasteiger partial charge in [0.05, 0.1) is 0 Å². The van der Waals surface area contributed by atoms with Gasteiger partial charge in [-0.15, -0.1) is 0 Å². The van der Waals surface area contributed by atoms with Crippen molar-refractivity contribution < 1.29 is 4.79 Å². The second kappa shape index (κ2) is 5.98. The van der Waals surface area contributed by atoms with Gasteiger partial charge < -0.3 is 5.32 Å². The first-order chi connectivity index (χ1) is 8.65.